The summed E-state index contributed by atoms with van der Waals surface area (Å²) in [5.74, 6) is 0.0214. The van der Waals surface area contributed by atoms with E-state index in [1.165, 1.54) is 25.0 Å². The van der Waals surface area contributed by atoms with Crippen molar-refractivity contribution in [3.05, 3.63) is 35.6 Å². The minimum atomic E-state index is -0.214. The lowest BCUT2D eigenvalue weighted by molar-refractivity contribution is -0.140. The number of fused-ring (bicyclic) bond motifs is 1. The number of piperazine rings is 1. The minimum absolute atomic E-state index is 0.214. The molecule has 2 saturated heterocycles. The summed E-state index contributed by atoms with van der Waals surface area (Å²) in [6.07, 6.45) is 4.52. The lowest BCUT2D eigenvalue weighted by atomic mass is 10.0. The summed E-state index contributed by atoms with van der Waals surface area (Å²) >= 11 is 0. The van der Waals surface area contributed by atoms with Gasteiger partial charge in [-0.25, -0.2) is 4.39 Å². The molecule has 0 unspecified atom stereocenters. The van der Waals surface area contributed by atoms with Crippen LogP contribution in [0.4, 0.5) is 4.39 Å². The topological polar surface area (TPSA) is 32.8 Å². The molecule has 2 aliphatic rings. The van der Waals surface area contributed by atoms with Crippen molar-refractivity contribution in [1.29, 1.82) is 0 Å². The molecular formula is C20H29FN2O2. The van der Waals surface area contributed by atoms with Gasteiger partial charge in [-0.2, -0.15) is 0 Å². The normalized spacial score (nSPS) is 24.2. The van der Waals surface area contributed by atoms with Gasteiger partial charge in [0.1, 0.15) is 5.82 Å². The Morgan fingerprint density at radius 1 is 1.24 bits per heavy atom. The zero-order valence-electron chi connectivity index (χ0n) is 15.1. The number of halogens is 1. The molecule has 2 fully saturated rings. The first-order chi connectivity index (χ1) is 12.2. The number of carbonyl (C=O) groups excluding carboxylic acids is 1. The lowest BCUT2D eigenvalue weighted by Crippen LogP contribution is -2.62. The summed E-state index contributed by atoms with van der Waals surface area (Å²) in [6, 6.07) is 7.41. The molecule has 2 atom stereocenters. The Hall–Kier alpha value is -1.46. The number of rotatable bonds is 6. The maximum Gasteiger partial charge on any atom is 0.222 e. The second-order valence-electron chi connectivity index (χ2n) is 7.19. The molecule has 138 valence electrons. The van der Waals surface area contributed by atoms with E-state index in [-0.39, 0.29) is 11.7 Å². The van der Waals surface area contributed by atoms with Crippen LogP contribution in [0.3, 0.4) is 0 Å². The molecule has 0 spiro atoms. The van der Waals surface area contributed by atoms with Gasteiger partial charge in [0.15, 0.2) is 0 Å². The molecule has 0 radical (unpaired) electrons. The molecule has 1 aromatic carbocycles. The van der Waals surface area contributed by atoms with Crippen LogP contribution >= 0.6 is 0 Å². The van der Waals surface area contributed by atoms with Crippen LogP contribution < -0.4 is 0 Å². The fourth-order valence-corrected chi connectivity index (χ4v) is 4.00. The predicted molar refractivity (Wildman–Crippen MR) is 95.9 cm³/mol. The van der Waals surface area contributed by atoms with Crippen LogP contribution in [0.15, 0.2) is 24.3 Å². The van der Waals surface area contributed by atoms with Crippen LogP contribution in [0.2, 0.25) is 0 Å². The van der Waals surface area contributed by atoms with E-state index in [1.807, 2.05) is 4.90 Å². The van der Waals surface area contributed by atoms with Gasteiger partial charge in [0.25, 0.3) is 0 Å². The monoisotopic (exact) mass is 348 g/mol. The summed E-state index contributed by atoms with van der Waals surface area (Å²) in [7, 11) is 0. The first-order valence-electron chi connectivity index (χ1n) is 9.53. The highest BCUT2D eigenvalue weighted by Gasteiger charge is 2.36. The average Bonchev–Trinajstić information content (AvgIpc) is 2.63. The van der Waals surface area contributed by atoms with Gasteiger partial charge < -0.3 is 9.64 Å². The van der Waals surface area contributed by atoms with E-state index in [0.717, 1.165) is 51.3 Å². The average molecular weight is 348 g/mol. The third-order valence-corrected chi connectivity index (χ3v) is 5.36. The van der Waals surface area contributed by atoms with Crippen LogP contribution in [0.25, 0.3) is 0 Å². The number of ether oxygens (including phenoxy) is 1. The van der Waals surface area contributed by atoms with Gasteiger partial charge in [-0.3, -0.25) is 9.69 Å². The van der Waals surface area contributed by atoms with Crippen molar-refractivity contribution < 1.29 is 13.9 Å². The van der Waals surface area contributed by atoms with Gasteiger partial charge in [0, 0.05) is 32.1 Å². The SMILES string of the molecule is CCC[C@H]1COC[C@H]2CN(C(=O)CCCc3ccc(F)cc3)CCN12. The Balaban J connectivity index is 1.45. The molecule has 0 aromatic heterocycles. The Bertz CT molecular complexity index is 561. The molecule has 1 amide bonds. The van der Waals surface area contributed by atoms with E-state index in [2.05, 4.69) is 11.8 Å². The molecule has 0 bridgehead atoms. The van der Waals surface area contributed by atoms with Gasteiger partial charge in [-0.15, -0.1) is 0 Å². The molecule has 0 aliphatic carbocycles. The fourth-order valence-electron chi connectivity index (χ4n) is 4.00. The summed E-state index contributed by atoms with van der Waals surface area (Å²) in [5, 5.41) is 0. The maximum absolute atomic E-state index is 12.9. The number of aryl methyl sites for hydroxylation is 1. The standard InChI is InChI=1S/C20H29FN2O2/c1-2-4-18-14-25-15-19-13-22(11-12-23(18)19)20(24)6-3-5-16-7-9-17(21)10-8-16/h7-10,18-19H,2-6,11-15H2,1H3/t18-,19+/m0/s1. The molecule has 2 heterocycles. The summed E-state index contributed by atoms with van der Waals surface area (Å²) in [5.41, 5.74) is 1.09. The van der Waals surface area contributed by atoms with Crippen molar-refractivity contribution in [3.63, 3.8) is 0 Å². The number of benzene rings is 1. The van der Waals surface area contributed by atoms with Crippen molar-refractivity contribution in [3.8, 4) is 0 Å². The second-order valence-corrected chi connectivity index (χ2v) is 7.19. The van der Waals surface area contributed by atoms with Gasteiger partial charge in [-0.1, -0.05) is 25.5 Å². The number of amides is 1. The quantitative estimate of drug-likeness (QED) is 0.792. The van der Waals surface area contributed by atoms with Crippen molar-refractivity contribution >= 4 is 5.91 Å². The molecule has 5 heteroatoms. The van der Waals surface area contributed by atoms with Crippen molar-refractivity contribution in [2.75, 3.05) is 32.8 Å². The number of carbonyl (C=O) groups is 1. The summed E-state index contributed by atoms with van der Waals surface area (Å²) in [4.78, 5) is 17.1. The molecule has 25 heavy (non-hydrogen) atoms. The third kappa shape index (κ3) is 4.79. The molecule has 0 N–H and O–H groups in total. The molecule has 1 aromatic rings. The molecule has 3 rings (SSSR count). The zero-order valence-corrected chi connectivity index (χ0v) is 15.1. The van der Waals surface area contributed by atoms with E-state index >= 15 is 0 Å². The van der Waals surface area contributed by atoms with Crippen molar-refractivity contribution in [1.82, 2.24) is 9.80 Å². The number of morpholine rings is 1. The highest BCUT2D eigenvalue weighted by molar-refractivity contribution is 5.76. The number of hydrogen-bond donors (Lipinski definition) is 0. The minimum Gasteiger partial charge on any atom is -0.378 e. The van der Waals surface area contributed by atoms with Gasteiger partial charge >= 0.3 is 0 Å². The van der Waals surface area contributed by atoms with E-state index in [0.29, 0.717) is 18.5 Å². The number of hydrogen-bond acceptors (Lipinski definition) is 3. The molecule has 0 saturated carbocycles. The Kier molecular flexibility index (Phi) is 6.43. The largest absolute Gasteiger partial charge is 0.378 e. The van der Waals surface area contributed by atoms with E-state index < -0.39 is 0 Å². The molecule has 2 aliphatic heterocycles. The first-order valence-corrected chi connectivity index (χ1v) is 9.53. The third-order valence-electron chi connectivity index (χ3n) is 5.36. The van der Waals surface area contributed by atoms with Crippen LogP contribution in [-0.4, -0.2) is 60.6 Å². The highest BCUT2D eigenvalue weighted by Crippen LogP contribution is 2.22. The molecular weight excluding hydrogens is 319 g/mol. The highest BCUT2D eigenvalue weighted by atomic mass is 19.1. The van der Waals surface area contributed by atoms with Gasteiger partial charge in [0.05, 0.1) is 19.3 Å². The predicted octanol–water partition coefficient (Wildman–Crippen LogP) is 2.86. The first kappa shape index (κ1) is 18.3. The van der Waals surface area contributed by atoms with Crippen LogP contribution in [0.1, 0.15) is 38.2 Å². The Morgan fingerprint density at radius 3 is 2.80 bits per heavy atom. The summed E-state index contributed by atoms with van der Waals surface area (Å²) in [6.45, 7) is 6.35. The van der Waals surface area contributed by atoms with Crippen LogP contribution in [-0.2, 0) is 16.0 Å². The van der Waals surface area contributed by atoms with Crippen molar-refractivity contribution in [2.45, 2.75) is 51.1 Å². The summed E-state index contributed by atoms with van der Waals surface area (Å²) < 4.78 is 18.7. The van der Waals surface area contributed by atoms with Crippen LogP contribution in [0.5, 0.6) is 0 Å². The van der Waals surface area contributed by atoms with Gasteiger partial charge in [-0.05, 0) is 37.0 Å². The maximum atomic E-state index is 12.9. The van der Waals surface area contributed by atoms with E-state index in [9.17, 15) is 9.18 Å². The molecule has 4 nitrogen and oxygen atoms in total. The Labute approximate surface area is 149 Å². The lowest BCUT2D eigenvalue weighted by Gasteiger charge is -2.48. The van der Waals surface area contributed by atoms with Crippen molar-refractivity contribution in [2.24, 2.45) is 0 Å². The zero-order chi connectivity index (χ0) is 17.6. The van der Waals surface area contributed by atoms with E-state index in [1.54, 1.807) is 12.1 Å². The Morgan fingerprint density at radius 2 is 2.04 bits per heavy atom. The van der Waals surface area contributed by atoms with E-state index in [4.69, 9.17) is 4.74 Å². The smallest absolute Gasteiger partial charge is 0.222 e. The van der Waals surface area contributed by atoms with Gasteiger partial charge in [0.2, 0.25) is 5.91 Å². The fraction of sp³-hybridized carbons (Fsp3) is 0.650. The number of nitrogens with zero attached hydrogens (tertiary/aromatic N) is 2. The van der Waals surface area contributed by atoms with Crippen LogP contribution in [0, 0.1) is 5.82 Å². The second kappa shape index (κ2) is 8.77.